The molecule has 0 saturated carbocycles. The fraction of sp³-hybridized carbons (Fsp3) is 0.276. The lowest BCUT2D eigenvalue weighted by Gasteiger charge is -2.36. The van der Waals surface area contributed by atoms with Gasteiger partial charge in [0.25, 0.3) is 0 Å². The molecule has 1 fully saturated rings. The molecule has 7 heteroatoms. The van der Waals surface area contributed by atoms with Crippen LogP contribution in [-0.2, 0) is 17.8 Å². The van der Waals surface area contributed by atoms with Crippen LogP contribution in [0.4, 0.5) is 11.4 Å². The molecule has 0 unspecified atom stereocenters. The van der Waals surface area contributed by atoms with Crippen molar-refractivity contribution < 1.29 is 9.21 Å². The molecule has 1 aliphatic heterocycles. The maximum Gasteiger partial charge on any atom is 0.247 e. The normalized spacial score (nSPS) is 14.1. The van der Waals surface area contributed by atoms with Crippen LogP contribution < -0.4 is 10.2 Å². The van der Waals surface area contributed by atoms with Crippen LogP contribution >= 0.6 is 0 Å². The molecule has 1 N–H and O–H groups in total. The molecule has 0 spiro atoms. The summed E-state index contributed by atoms with van der Waals surface area (Å²) in [6, 6.07) is 26.6. The first-order valence-corrected chi connectivity index (χ1v) is 12.4. The van der Waals surface area contributed by atoms with E-state index in [-0.39, 0.29) is 12.3 Å². The van der Waals surface area contributed by atoms with Gasteiger partial charge in [-0.05, 0) is 48.9 Å². The number of nitrogens with one attached hydrogen (secondary N) is 1. The molecule has 1 aliphatic rings. The number of anilines is 2. The first-order valence-electron chi connectivity index (χ1n) is 12.4. The number of benzene rings is 3. The minimum absolute atomic E-state index is 0.0765. The van der Waals surface area contributed by atoms with Crippen molar-refractivity contribution in [3.63, 3.8) is 0 Å². The van der Waals surface area contributed by atoms with E-state index in [4.69, 9.17) is 4.42 Å². The molecule has 0 atom stereocenters. The van der Waals surface area contributed by atoms with Crippen LogP contribution in [0, 0.1) is 6.92 Å². The second-order valence-electron chi connectivity index (χ2n) is 9.21. The third-order valence-electron chi connectivity index (χ3n) is 6.47. The minimum atomic E-state index is -0.0765. The van der Waals surface area contributed by atoms with Crippen molar-refractivity contribution in [2.45, 2.75) is 26.3 Å². The molecule has 1 saturated heterocycles. The highest BCUT2D eigenvalue weighted by Crippen LogP contribution is 2.21. The standard InChI is InChI=1S/C29H31N5O2/c1-22-7-9-24(10-8-22)29-32-31-28(36-29)16-15-27(35)30-25-11-13-26(14-12-25)34-19-17-33(18-20-34)21-23-5-3-2-4-6-23/h2-14H,15-21H2,1H3,(H,30,35). The van der Waals surface area contributed by atoms with Gasteiger partial charge in [-0.15, -0.1) is 10.2 Å². The Bertz CT molecular complexity index is 1260. The van der Waals surface area contributed by atoms with Crippen molar-refractivity contribution in [1.82, 2.24) is 15.1 Å². The number of amides is 1. The van der Waals surface area contributed by atoms with Crippen molar-refractivity contribution >= 4 is 17.3 Å². The van der Waals surface area contributed by atoms with E-state index in [0.29, 0.717) is 18.2 Å². The highest BCUT2D eigenvalue weighted by atomic mass is 16.4. The lowest BCUT2D eigenvalue weighted by molar-refractivity contribution is -0.116. The van der Waals surface area contributed by atoms with E-state index in [9.17, 15) is 4.79 Å². The molecule has 0 radical (unpaired) electrons. The summed E-state index contributed by atoms with van der Waals surface area (Å²) >= 11 is 0. The van der Waals surface area contributed by atoms with Gasteiger partial charge in [-0.1, -0.05) is 48.0 Å². The summed E-state index contributed by atoms with van der Waals surface area (Å²) in [4.78, 5) is 17.3. The quantitative estimate of drug-likeness (QED) is 0.384. The monoisotopic (exact) mass is 481 g/mol. The molecule has 4 aromatic rings. The molecule has 1 amide bonds. The number of nitrogens with zero attached hydrogens (tertiary/aromatic N) is 4. The van der Waals surface area contributed by atoms with E-state index in [1.54, 1.807) is 0 Å². The summed E-state index contributed by atoms with van der Waals surface area (Å²) in [5.41, 5.74) is 5.38. The van der Waals surface area contributed by atoms with Gasteiger partial charge in [0.1, 0.15) is 0 Å². The number of aromatic nitrogens is 2. The van der Waals surface area contributed by atoms with E-state index < -0.39 is 0 Å². The van der Waals surface area contributed by atoms with Gasteiger partial charge in [-0.2, -0.15) is 0 Å². The highest BCUT2D eigenvalue weighted by Gasteiger charge is 2.17. The predicted molar refractivity (Wildman–Crippen MR) is 142 cm³/mol. The molecule has 5 rings (SSSR count). The van der Waals surface area contributed by atoms with Gasteiger partial charge in [0.15, 0.2) is 0 Å². The van der Waals surface area contributed by atoms with Crippen LogP contribution in [-0.4, -0.2) is 47.2 Å². The number of carbonyl (C=O) groups is 1. The Morgan fingerprint density at radius 1 is 0.889 bits per heavy atom. The van der Waals surface area contributed by atoms with Gasteiger partial charge in [0.05, 0.1) is 0 Å². The van der Waals surface area contributed by atoms with Gasteiger partial charge in [-0.3, -0.25) is 9.69 Å². The number of aryl methyl sites for hydroxylation is 2. The van der Waals surface area contributed by atoms with E-state index in [0.717, 1.165) is 44.0 Å². The summed E-state index contributed by atoms with van der Waals surface area (Å²) < 4.78 is 5.72. The van der Waals surface area contributed by atoms with E-state index >= 15 is 0 Å². The number of rotatable bonds is 8. The largest absolute Gasteiger partial charge is 0.421 e. The van der Waals surface area contributed by atoms with Crippen molar-refractivity contribution in [1.29, 1.82) is 0 Å². The maximum atomic E-state index is 12.5. The smallest absolute Gasteiger partial charge is 0.247 e. The zero-order valence-electron chi connectivity index (χ0n) is 20.6. The fourth-order valence-electron chi connectivity index (χ4n) is 4.37. The van der Waals surface area contributed by atoms with E-state index in [2.05, 4.69) is 67.8 Å². The minimum Gasteiger partial charge on any atom is -0.421 e. The zero-order chi connectivity index (χ0) is 24.7. The number of carbonyl (C=O) groups excluding carboxylic acids is 1. The summed E-state index contributed by atoms with van der Waals surface area (Å²) in [6.45, 7) is 7.09. The van der Waals surface area contributed by atoms with Gasteiger partial charge in [0.2, 0.25) is 17.7 Å². The van der Waals surface area contributed by atoms with Gasteiger partial charge in [0, 0.05) is 62.5 Å². The summed E-state index contributed by atoms with van der Waals surface area (Å²) in [6.07, 6.45) is 0.677. The summed E-state index contributed by atoms with van der Waals surface area (Å²) in [7, 11) is 0. The molecular formula is C29H31N5O2. The molecular weight excluding hydrogens is 450 g/mol. The SMILES string of the molecule is Cc1ccc(-c2nnc(CCC(=O)Nc3ccc(N4CCN(Cc5ccccc5)CC4)cc3)o2)cc1. The topological polar surface area (TPSA) is 74.5 Å². The van der Waals surface area contributed by atoms with Crippen molar-refractivity contribution in [2.75, 3.05) is 36.4 Å². The van der Waals surface area contributed by atoms with E-state index in [1.165, 1.54) is 16.8 Å². The summed E-state index contributed by atoms with van der Waals surface area (Å²) in [5.74, 6) is 0.858. The highest BCUT2D eigenvalue weighted by molar-refractivity contribution is 5.91. The first-order chi connectivity index (χ1) is 17.6. The van der Waals surface area contributed by atoms with E-state index in [1.807, 2.05) is 43.3 Å². The molecule has 184 valence electrons. The molecule has 0 aliphatic carbocycles. The summed E-state index contributed by atoms with van der Waals surface area (Å²) in [5, 5.41) is 11.1. The van der Waals surface area contributed by atoms with Gasteiger partial charge in [-0.25, -0.2) is 0 Å². The second-order valence-corrected chi connectivity index (χ2v) is 9.21. The average Bonchev–Trinajstić information content (AvgIpc) is 3.39. The van der Waals surface area contributed by atoms with Gasteiger partial charge >= 0.3 is 0 Å². The van der Waals surface area contributed by atoms with Crippen LogP contribution in [0.5, 0.6) is 0 Å². The Kier molecular flexibility index (Phi) is 7.38. The van der Waals surface area contributed by atoms with Crippen LogP contribution in [0.25, 0.3) is 11.5 Å². The maximum absolute atomic E-state index is 12.5. The number of hydrogen-bond donors (Lipinski definition) is 1. The average molecular weight is 482 g/mol. The Morgan fingerprint density at radius 2 is 1.61 bits per heavy atom. The van der Waals surface area contributed by atoms with Crippen molar-refractivity contribution in [3.8, 4) is 11.5 Å². The number of piperazine rings is 1. The molecule has 1 aromatic heterocycles. The van der Waals surface area contributed by atoms with Crippen LogP contribution in [0.1, 0.15) is 23.4 Å². The molecule has 0 bridgehead atoms. The zero-order valence-corrected chi connectivity index (χ0v) is 20.6. The third kappa shape index (κ3) is 6.17. The fourth-order valence-corrected chi connectivity index (χ4v) is 4.37. The Balaban J connectivity index is 1.07. The first kappa shape index (κ1) is 23.8. The molecule has 7 nitrogen and oxygen atoms in total. The predicted octanol–water partition coefficient (Wildman–Crippen LogP) is 4.94. The Labute approximate surface area is 211 Å². The molecule has 2 heterocycles. The lowest BCUT2D eigenvalue weighted by atomic mass is 10.1. The van der Waals surface area contributed by atoms with Crippen LogP contribution in [0.3, 0.4) is 0 Å². The Morgan fingerprint density at radius 3 is 2.33 bits per heavy atom. The van der Waals surface area contributed by atoms with Gasteiger partial charge < -0.3 is 14.6 Å². The second kappa shape index (κ2) is 11.2. The number of hydrogen-bond acceptors (Lipinski definition) is 6. The lowest BCUT2D eigenvalue weighted by Crippen LogP contribution is -2.45. The molecule has 3 aromatic carbocycles. The van der Waals surface area contributed by atoms with Crippen LogP contribution in [0.2, 0.25) is 0 Å². The van der Waals surface area contributed by atoms with Crippen molar-refractivity contribution in [2.24, 2.45) is 0 Å². The van der Waals surface area contributed by atoms with Crippen molar-refractivity contribution in [3.05, 3.63) is 95.9 Å². The molecule has 36 heavy (non-hydrogen) atoms. The third-order valence-corrected chi connectivity index (χ3v) is 6.47. The van der Waals surface area contributed by atoms with Crippen LogP contribution in [0.15, 0.2) is 83.3 Å². The Hall–Kier alpha value is -3.97.